The first-order chi connectivity index (χ1) is 9.97. The van der Waals surface area contributed by atoms with Crippen LogP contribution in [0.4, 0.5) is 0 Å². The molecule has 0 bridgehead atoms. The van der Waals surface area contributed by atoms with Crippen LogP contribution in [0.25, 0.3) is 15.3 Å². The van der Waals surface area contributed by atoms with Crippen molar-refractivity contribution in [1.29, 1.82) is 0 Å². The monoisotopic (exact) mass is 323 g/mol. The molecule has 3 rings (SSSR count). The number of rotatable bonds is 4. The zero-order valence-corrected chi connectivity index (χ0v) is 13.0. The number of carboxylic acids is 1. The number of carboxylic acid groups (broad SMARTS) is 1. The number of thiophene rings is 1. The van der Waals surface area contributed by atoms with Crippen LogP contribution >= 0.6 is 22.7 Å². The number of carbonyl (C=O) groups is 2. The van der Waals surface area contributed by atoms with Gasteiger partial charge in [0.1, 0.15) is 4.83 Å². The molecule has 0 radical (unpaired) electrons. The van der Waals surface area contributed by atoms with Gasteiger partial charge in [0, 0.05) is 17.6 Å². The number of aliphatic carboxylic acids is 1. The lowest BCUT2D eigenvalue weighted by atomic mass is 10.0. The van der Waals surface area contributed by atoms with Crippen LogP contribution in [0.3, 0.4) is 0 Å². The number of hydrogen-bond acceptors (Lipinski definition) is 5. The van der Waals surface area contributed by atoms with Crippen LogP contribution in [0.15, 0.2) is 17.6 Å². The lowest BCUT2D eigenvalue weighted by Crippen LogP contribution is -2.39. The Morgan fingerprint density at radius 3 is 2.90 bits per heavy atom. The Kier molecular flexibility index (Phi) is 3.42. The van der Waals surface area contributed by atoms with Crippen molar-refractivity contribution < 1.29 is 14.7 Å². The summed E-state index contributed by atoms with van der Waals surface area (Å²) in [5, 5.41) is 13.6. The Balaban J connectivity index is 1.84. The van der Waals surface area contributed by atoms with Gasteiger partial charge in [0.05, 0.1) is 16.3 Å². The molecule has 3 aromatic heterocycles. The fraction of sp³-hybridized carbons (Fsp3) is 0.308. The highest BCUT2D eigenvalue weighted by Gasteiger charge is 2.23. The summed E-state index contributed by atoms with van der Waals surface area (Å²) in [7, 11) is 0. The van der Waals surface area contributed by atoms with Crippen molar-refractivity contribution in [3.63, 3.8) is 0 Å². The average Bonchev–Trinajstić information content (AvgIpc) is 3.08. The first-order valence-electron chi connectivity index (χ1n) is 6.36. The highest BCUT2D eigenvalue weighted by molar-refractivity contribution is 7.21. The minimum atomic E-state index is -0.926. The second-order valence-electron chi connectivity index (χ2n) is 4.86. The molecule has 0 fully saturated rings. The minimum Gasteiger partial charge on any atom is -0.481 e. The molecule has 8 heteroatoms. The van der Waals surface area contributed by atoms with Crippen molar-refractivity contribution in [2.75, 3.05) is 0 Å². The van der Waals surface area contributed by atoms with E-state index in [0.29, 0.717) is 4.88 Å². The molecular weight excluding hydrogens is 310 g/mol. The van der Waals surface area contributed by atoms with Crippen molar-refractivity contribution in [2.45, 2.75) is 19.9 Å². The zero-order valence-electron chi connectivity index (χ0n) is 11.4. The Morgan fingerprint density at radius 2 is 2.19 bits per heavy atom. The molecule has 6 nitrogen and oxygen atoms in total. The predicted octanol–water partition coefficient (Wildman–Crippen LogP) is 2.45. The van der Waals surface area contributed by atoms with E-state index in [2.05, 4.69) is 10.3 Å². The number of imidazole rings is 1. The molecule has 3 aromatic rings. The predicted molar refractivity (Wildman–Crippen MR) is 82.2 cm³/mol. The van der Waals surface area contributed by atoms with Crippen LogP contribution in [0.1, 0.15) is 23.5 Å². The van der Waals surface area contributed by atoms with Gasteiger partial charge in [0.15, 0.2) is 4.96 Å². The van der Waals surface area contributed by atoms with Crippen molar-refractivity contribution in [3.8, 4) is 0 Å². The molecule has 0 spiro atoms. The molecule has 0 aromatic carbocycles. The molecule has 3 heterocycles. The Hall–Kier alpha value is -1.93. The summed E-state index contributed by atoms with van der Waals surface area (Å²) in [6, 6.07) is 1.36. The van der Waals surface area contributed by atoms with E-state index in [1.807, 2.05) is 16.0 Å². The molecular formula is C13H13N3O3S2. The lowest BCUT2D eigenvalue weighted by Gasteiger charge is -2.16. The second kappa shape index (κ2) is 5.12. The summed E-state index contributed by atoms with van der Waals surface area (Å²) in [4.78, 5) is 29.8. The van der Waals surface area contributed by atoms with Crippen LogP contribution in [0.2, 0.25) is 0 Å². The Labute approximate surface area is 128 Å². The molecule has 2 unspecified atom stereocenters. The van der Waals surface area contributed by atoms with Gasteiger partial charge in [0.2, 0.25) is 0 Å². The Bertz CT molecular complexity index is 832. The molecule has 0 aliphatic carbocycles. The van der Waals surface area contributed by atoms with Gasteiger partial charge in [0.25, 0.3) is 5.91 Å². The highest BCUT2D eigenvalue weighted by atomic mass is 32.1. The van der Waals surface area contributed by atoms with Crippen molar-refractivity contribution in [3.05, 3.63) is 22.5 Å². The standard InChI is InChI=1S/C13H13N3O3S2/c1-6(12(18)19)7(2)14-10(17)9-5-8-11(21-9)15-13-16(8)3-4-20-13/h3-7H,1-2H3,(H,14,17)(H,18,19). The first kappa shape index (κ1) is 14.0. The van der Waals surface area contributed by atoms with Crippen LogP contribution < -0.4 is 5.32 Å². The van der Waals surface area contributed by atoms with Gasteiger partial charge in [-0.2, -0.15) is 0 Å². The van der Waals surface area contributed by atoms with Gasteiger partial charge in [-0.3, -0.25) is 14.0 Å². The molecule has 2 N–H and O–H groups in total. The van der Waals surface area contributed by atoms with Crippen molar-refractivity contribution >= 4 is 49.9 Å². The smallest absolute Gasteiger partial charge is 0.308 e. The van der Waals surface area contributed by atoms with Gasteiger partial charge in [-0.05, 0) is 19.9 Å². The SMILES string of the molecule is CC(NC(=O)c1cc2c(nc3sccn32)s1)C(C)C(=O)O. The largest absolute Gasteiger partial charge is 0.481 e. The summed E-state index contributed by atoms with van der Waals surface area (Å²) in [6.07, 6.45) is 1.92. The minimum absolute atomic E-state index is 0.262. The molecule has 0 aliphatic rings. The molecule has 0 aliphatic heterocycles. The maximum atomic E-state index is 12.2. The van der Waals surface area contributed by atoms with Gasteiger partial charge in [-0.1, -0.05) is 0 Å². The number of thiazole rings is 1. The van der Waals surface area contributed by atoms with Crippen molar-refractivity contribution in [1.82, 2.24) is 14.7 Å². The maximum Gasteiger partial charge on any atom is 0.308 e. The van der Waals surface area contributed by atoms with Crippen LogP contribution in [-0.2, 0) is 4.79 Å². The van der Waals surface area contributed by atoms with Gasteiger partial charge in [-0.15, -0.1) is 22.7 Å². The van der Waals surface area contributed by atoms with E-state index in [1.165, 1.54) is 11.3 Å². The van der Waals surface area contributed by atoms with Crippen molar-refractivity contribution in [2.24, 2.45) is 5.92 Å². The molecule has 110 valence electrons. The quantitative estimate of drug-likeness (QED) is 0.772. The summed E-state index contributed by atoms with van der Waals surface area (Å²) in [6.45, 7) is 3.26. The number of carbonyl (C=O) groups excluding carboxylic acids is 1. The topological polar surface area (TPSA) is 83.7 Å². The maximum absolute atomic E-state index is 12.2. The molecule has 0 saturated carbocycles. The Morgan fingerprint density at radius 1 is 1.43 bits per heavy atom. The fourth-order valence-electron chi connectivity index (χ4n) is 1.98. The molecule has 21 heavy (non-hydrogen) atoms. The van der Waals surface area contributed by atoms with E-state index in [9.17, 15) is 9.59 Å². The van der Waals surface area contributed by atoms with E-state index in [-0.39, 0.29) is 5.91 Å². The number of nitrogens with one attached hydrogen (secondary N) is 1. The lowest BCUT2D eigenvalue weighted by molar-refractivity contribution is -0.141. The van der Waals surface area contributed by atoms with E-state index < -0.39 is 17.9 Å². The van der Waals surface area contributed by atoms with E-state index in [1.54, 1.807) is 31.3 Å². The molecule has 0 saturated heterocycles. The number of hydrogen-bond donors (Lipinski definition) is 2. The number of fused-ring (bicyclic) bond motifs is 3. The van der Waals surface area contributed by atoms with Gasteiger partial charge in [-0.25, -0.2) is 4.98 Å². The average molecular weight is 323 g/mol. The summed E-state index contributed by atoms with van der Waals surface area (Å²) < 4.78 is 1.94. The third kappa shape index (κ3) is 2.40. The highest BCUT2D eigenvalue weighted by Crippen LogP contribution is 2.28. The zero-order chi connectivity index (χ0) is 15.1. The summed E-state index contributed by atoms with van der Waals surface area (Å²) in [5.74, 6) is -1.82. The van der Waals surface area contributed by atoms with E-state index >= 15 is 0 Å². The third-order valence-corrected chi connectivity index (χ3v) is 5.24. The third-order valence-electron chi connectivity index (χ3n) is 3.46. The van der Waals surface area contributed by atoms with Crippen LogP contribution in [0.5, 0.6) is 0 Å². The van der Waals surface area contributed by atoms with E-state index in [0.717, 1.165) is 15.3 Å². The summed E-state index contributed by atoms with van der Waals surface area (Å²) in [5.41, 5.74) is 0.903. The normalized spacial score (nSPS) is 14.4. The first-order valence-corrected chi connectivity index (χ1v) is 8.05. The van der Waals surface area contributed by atoms with Crippen LogP contribution in [-0.4, -0.2) is 32.4 Å². The molecule has 2 atom stereocenters. The van der Waals surface area contributed by atoms with Crippen LogP contribution in [0, 0.1) is 5.92 Å². The van der Waals surface area contributed by atoms with Gasteiger partial charge < -0.3 is 10.4 Å². The summed E-state index contributed by atoms with van der Waals surface area (Å²) >= 11 is 2.86. The molecule has 1 amide bonds. The number of nitrogens with zero attached hydrogens (tertiary/aromatic N) is 2. The number of aromatic nitrogens is 2. The van der Waals surface area contributed by atoms with E-state index in [4.69, 9.17) is 5.11 Å². The van der Waals surface area contributed by atoms with Gasteiger partial charge >= 0.3 is 5.97 Å². The second-order valence-corrected chi connectivity index (χ2v) is 6.76. The number of amides is 1. The fourth-order valence-corrected chi connectivity index (χ4v) is 3.68.